The highest BCUT2D eigenvalue weighted by Crippen LogP contribution is 2.33. The minimum absolute atomic E-state index is 0.104. The van der Waals surface area contributed by atoms with Gasteiger partial charge in [0.05, 0.1) is 10.6 Å². The molecule has 0 bridgehead atoms. The maximum Gasteiger partial charge on any atom is 0.259 e. The van der Waals surface area contributed by atoms with Crippen molar-refractivity contribution in [2.45, 2.75) is 12.3 Å². The molecule has 1 fully saturated rings. The van der Waals surface area contributed by atoms with E-state index in [2.05, 4.69) is 4.98 Å². The number of amides is 1. The SMILES string of the molecule is O=C(c1c(O)cc(Cl)cc1Cl)N1CCC(c2ccccn2)C1. The van der Waals surface area contributed by atoms with Gasteiger partial charge in [0, 0.05) is 35.9 Å². The molecule has 0 spiro atoms. The van der Waals surface area contributed by atoms with Gasteiger partial charge in [0.2, 0.25) is 0 Å². The van der Waals surface area contributed by atoms with E-state index in [9.17, 15) is 9.90 Å². The van der Waals surface area contributed by atoms with Crippen molar-refractivity contribution in [3.63, 3.8) is 0 Å². The second-order valence-electron chi connectivity index (χ2n) is 5.27. The number of benzene rings is 1. The highest BCUT2D eigenvalue weighted by molar-refractivity contribution is 6.37. The molecule has 3 rings (SSSR count). The predicted molar refractivity (Wildman–Crippen MR) is 85.6 cm³/mol. The molecule has 6 heteroatoms. The summed E-state index contributed by atoms with van der Waals surface area (Å²) in [6.45, 7) is 1.17. The van der Waals surface area contributed by atoms with E-state index in [1.165, 1.54) is 12.1 Å². The monoisotopic (exact) mass is 336 g/mol. The Morgan fingerprint density at radius 3 is 2.82 bits per heavy atom. The van der Waals surface area contributed by atoms with Crippen LogP contribution in [0.15, 0.2) is 36.5 Å². The third kappa shape index (κ3) is 2.89. The van der Waals surface area contributed by atoms with Gasteiger partial charge in [-0.1, -0.05) is 29.3 Å². The molecule has 1 aliphatic rings. The van der Waals surface area contributed by atoms with Gasteiger partial charge in [-0.3, -0.25) is 9.78 Å². The first-order valence-corrected chi connectivity index (χ1v) is 7.70. The summed E-state index contributed by atoms with van der Waals surface area (Å²) in [4.78, 5) is 18.6. The van der Waals surface area contributed by atoms with Gasteiger partial charge < -0.3 is 10.0 Å². The zero-order valence-corrected chi connectivity index (χ0v) is 13.2. The number of halogens is 2. The van der Waals surface area contributed by atoms with Gasteiger partial charge in [0.15, 0.2) is 0 Å². The number of phenols is 1. The summed E-state index contributed by atoms with van der Waals surface area (Å²) >= 11 is 11.9. The van der Waals surface area contributed by atoms with Crippen LogP contribution in [-0.2, 0) is 0 Å². The Morgan fingerprint density at radius 2 is 2.14 bits per heavy atom. The molecule has 114 valence electrons. The molecule has 1 aliphatic heterocycles. The number of likely N-dealkylation sites (tertiary alicyclic amines) is 1. The van der Waals surface area contributed by atoms with Crippen LogP contribution in [-0.4, -0.2) is 34.0 Å². The van der Waals surface area contributed by atoms with Gasteiger partial charge >= 0.3 is 0 Å². The van der Waals surface area contributed by atoms with E-state index < -0.39 is 0 Å². The molecule has 1 aromatic carbocycles. The lowest BCUT2D eigenvalue weighted by molar-refractivity contribution is 0.0788. The minimum Gasteiger partial charge on any atom is -0.507 e. The Morgan fingerprint density at radius 1 is 1.32 bits per heavy atom. The minimum atomic E-state index is -0.280. The van der Waals surface area contributed by atoms with Crippen LogP contribution in [0, 0.1) is 0 Å². The number of hydrogen-bond donors (Lipinski definition) is 1. The van der Waals surface area contributed by atoms with Crippen LogP contribution in [0.1, 0.15) is 28.4 Å². The number of nitrogens with zero attached hydrogens (tertiary/aromatic N) is 2. The summed E-state index contributed by atoms with van der Waals surface area (Å²) < 4.78 is 0. The second kappa shape index (κ2) is 6.15. The Hall–Kier alpha value is -1.78. The zero-order valence-electron chi connectivity index (χ0n) is 11.7. The number of aromatic hydroxyl groups is 1. The molecule has 0 saturated carbocycles. The van der Waals surface area contributed by atoms with Crippen LogP contribution in [0.3, 0.4) is 0 Å². The Labute approximate surface area is 138 Å². The molecule has 1 N–H and O–H groups in total. The molecule has 2 heterocycles. The van der Waals surface area contributed by atoms with E-state index in [1.807, 2.05) is 18.2 Å². The molecule has 1 unspecified atom stereocenters. The second-order valence-corrected chi connectivity index (χ2v) is 6.12. The van der Waals surface area contributed by atoms with Gasteiger partial charge in [0.1, 0.15) is 5.75 Å². The fourth-order valence-corrected chi connectivity index (χ4v) is 3.30. The summed E-state index contributed by atoms with van der Waals surface area (Å²) in [7, 11) is 0. The lowest BCUT2D eigenvalue weighted by Crippen LogP contribution is -2.28. The number of pyridine rings is 1. The lowest BCUT2D eigenvalue weighted by atomic mass is 10.0. The van der Waals surface area contributed by atoms with Crippen LogP contribution in [0.5, 0.6) is 5.75 Å². The standard InChI is InChI=1S/C16H14Cl2N2O2/c17-11-7-12(18)15(14(21)8-11)16(22)20-6-4-10(9-20)13-3-1-2-5-19-13/h1-3,5,7-8,10,21H,4,6,9H2. The normalized spacial score (nSPS) is 17.7. The molecule has 1 atom stereocenters. The van der Waals surface area contributed by atoms with Crippen molar-refractivity contribution in [2.24, 2.45) is 0 Å². The number of aromatic nitrogens is 1. The Balaban J connectivity index is 1.80. The van der Waals surface area contributed by atoms with Gasteiger partial charge in [-0.15, -0.1) is 0 Å². The van der Waals surface area contributed by atoms with Crippen LogP contribution in [0.4, 0.5) is 0 Å². The largest absolute Gasteiger partial charge is 0.507 e. The molecular weight excluding hydrogens is 323 g/mol. The third-order valence-corrected chi connectivity index (χ3v) is 4.35. The van der Waals surface area contributed by atoms with Crippen LogP contribution in [0.25, 0.3) is 0 Å². The first kappa shape index (κ1) is 15.1. The Kier molecular flexibility index (Phi) is 4.23. The highest BCUT2D eigenvalue weighted by Gasteiger charge is 2.31. The summed E-state index contributed by atoms with van der Waals surface area (Å²) in [6, 6.07) is 8.56. The summed E-state index contributed by atoms with van der Waals surface area (Å²) in [5.41, 5.74) is 1.08. The molecular formula is C16H14Cl2N2O2. The fraction of sp³-hybridized carbons (Fsp3) is 0.250. The van der Waals surface area contributed by atoms with Crippen molar-refractivity contribution in [3.05, 3.63) is 57.8 Å². The zero-order chi connectivity index (χ0) is 15.7. The average Bonchev–Trinajstić information content (AvgIpc) is 2.97. The molecule has 1 aromatic heterocycles. The lowest BCUT2D eigenvalue weighted by Gasteiger charge is -2.18. The fourth-order valence-electron chi connectivity index (χ4n) is 2.73. The maximum absolute atomic E-state index is 12.6. The summed E-state index contributed by atoms with van der Waals surface area (Å²) in [5, 5.41) is 10.4. The van der Waals surface area contributed by atoms with Crippen molar-refractivity contribution >= 4 is 29.1 Å². The number of carbonyl (C=O) groups excluding carboxylic acids is 1. The average molecular weight is 337 g/mol. The quantitative estimate of drug-likeness (QED) is 0.909. The molecule has 22 heavy (non-hydrogen) atoms. The van der Waals surface area contributed by atoms with Gasteiger partial charge in [-0.05, 0) is 30.7 Å². The van der Waals surface area contributed by atoms with Gasteiger partial charge in [0.25, 0.3) is 5.91 Å². The highest BCUT2D eigenvalue weighted by atomic mass is 35.5. The first-order valence-electron chi connectivity index (χ1n) is 6.94. The Bertz CT molecular complexity index is 684. The molecule has 1 amide bonds. The molecule has 0 radical (unpaired) electrons. The molecule has 2 aromatic rings. The first-order chi connectivity index (χ1) is 10.6. The van der Waals surface area contributed by atoms with E-state index >= 15 is 0 Å². The van der Waals surface area contributed by atoms with Crippen LogP contribution < -0.4 is 0 Å². The van der Waals surface area contributed by atoms with Crippen molar-refractivity contribution in [2.75, 3.05) is 13.1 Å². The number of hydrogen-bond acceptors (Lipinski definition) is 3. The number of carbonyl (C=O) groups is 1. The van der Waals surface area contributed by atoms with E-state index in [0.29, 0.717) is 18.1 Å². The molecule has 0 aliphatic carbocycles. The smallest absolute Gasteiger partial charge is 0.259 e. The van der Waals surface area contributed by atoms with Crippen LogP contribution >= 0.6 is 23.2 Å². The van der Waals surface area contributed by atoms with Gasteiger partial charge in [-0.2, -0.15) is 0 Å². The van der Waals surface area contributed by atoms with E-state index in [-0.39, 0.29) is 28.2 Å². The van der Waals surface area contributed by atoms with Gasteiger partial charge in [-0.25, -0.2) is 0 Å². The maximum atomic E-state index is 12.6. The number of rotatable bonds is 2. The number of phenolic OH excluding ortho intramolecular Hbond substituents is 1. The van der Waals surface area contributed by atoms with Crippen molar-refractivity contribution in [1.82, 2.24) is 9.88 Å². The topological polar surface area (TPSA) is 53.4 Å². The summed E-state index contributed by atoms with van der Waals surface area (Å²) in [6.07, 6.45) is 2.59. The predicted octanol–water partition coefficient (Wildman–Crippen LogP) is 3.72. The summed E-state index contributed by atoms with van der Waals surface area (Å²) in [5.74, 6) is -0.264. The third-order valence-electron chi connectivity index (χ3n) is 3.83. The van der Waals surface area contributed by atoms with Crippen molar-refractivity contribution in [3.8, 4) is 5.75 Å². The molecule has 4 nitrogen and oxygen atoms in total. The van der Waals surface area contributed by atoms with Crippen molar-refractivity contribution in [1.29, 1.82) is 0 Å². The van der Waals surface area contributed by atoms with E-state index in [0.717, 1.165) is 12.1 Å². The van der Waals surface area contributed by atoms with Crippen LogP contribution in [0.2, 0.25) is 10.0 Å². The van der Waals surface area contributed by atoms with Crippen molar-refractivity contribution < 1.29 is 9.90 Å². The molecule has 1 saturated heterocycles. The van der Waals surface area contributed by atoms with E-state index in [1.54, 1.807) is 11.1 Å². The van der Waals surface area contributed by atoms with E-state index in [4.69, 9.17) is 23.2 Å².